The maximum absolute atomic E-state index is 12.1. The molecule has 2 aliphatic heterocycles. The van der Waals surface area contributed by atoms with Crippen LogP contribution >= 0.6 is 11.8 Å². The van der Waals surface area contributed by atoms with Gasteiger partial charge in [-0.2, -0.15) is 0 Å². The zero-order valence-corrected chi connectivity index (χ0v) is 19.5. The van der Waals surface area contributed by atoms with Gasteiger partial charge in [-0.1, -0.05) is 0 Å². The summed E-state index contributed by atoms with van der Waals surface area (Å²) in [5.41, 5.74) is -0.507. The van der Waals surface area contributed by atoms with E-state index in [-0.39, 0.29) is 33.2 Å². The third-order valence-corrected chi connectivity index (χ3v) is 7.27. The Balaban J connectivity index is 1.77. The fourth-order valence-electron chi connectivity index (χ4n) is 2.95. The van der Waals surface area contributed by atoms with Gasteiger partial charge in [-0.15, -0.1) is 0 Å². The molecule has 0 aromatic heterocycles. The number of amides is 1. The van der Waals surface area contributed by atoms with E-state index in [1.807, 2.05) is 34.6 Å². The number of carbonyl (C=O) groups excluding carboxylic acids is 1. The molecule has 2 rings (SSSR count). The number of rotatable bonds is 8. The third kappa shape index (κ3) is 7.38. The summed E-state index contributed by atoms with van der Waals surface area (Å²) in [5, 5.41) is 15.1. The molecule has 9 heteroatoms. The number of fused-ring (bicyclic) bond motifs is 1. The molecule has 158 valence electrons. The fraction of sp³-hybridized carbons (Fsp3) is 0.944. The molecule has 0 aliphatic carbocycles. The zero-order valence-electron chi connectivity index (χ0n) is 17.0. The summed E-state index contributed by atoms with van der Waals surface area (Å²) in [6.07, 6.45) is 0.692. The Morgan fingerprint density at radius 1 is 1.37 bits per heavy atom. The third-order valence-electron chi connectivity index (χ3n) is 4.11. The van der Waals surface area contributed by atoms with Crippen LogP contribution in [0.2, 0.25) is 10.6 Å². The summed E-state index contributed by atoms with van der Waals surface area (Å²) in [6.45, 7) is 9.20. The second-order valence-electron chi connectivity index (χ2n) is 8.30. The first kappa shape index (κ1) is 23.3. The number of carbonyl (C=O) groups is 1. The average Bonchev–Trinajstić information content (AvgIpc) is 2.96. The monoisotopic (exact) mass is 471 g/mol. The van der Waals surface area contributed by atoms with Gasteiger partial charge in [0.1, 0.15) is 0 Å². The molecule has 0 saturated carbocycles. The Labute approximate surface area is 172 Å². The number of thioether (sulfide) groups is 1. The molecule has 0 spiro atoms. The van der Waals surface area contributed by atoms with Crippen LogP contribution in [-0.4, -0.2) is 80.2 Å². The Hall–Kier alpha value is -0.0205. The van der Waals surface area contributed by atoms with Crippen LogP contribution in [0.1, 0.15) is 41.0 Å². The van der Waals surface area contributed by atoms with Gasteiger partial charge in [-0.3, -0.25) is 0 Å². The first-order chi connectivity index (χ1) is 12.5. The second-order valence-corrected chi connectivity index (χ2v) is 11.5. The van der Waals surface area contributed by atoms with Crippen LogP contribution < -0.4 is 5.32 Å². The first-order valence-electron chi connectivity index (χ1n) is 9.26. The van der Waals surface area contributed by atoms with Crippen molar-refractivity contribution >= 4 is 32.8 Å². The molecule has 1 amide bonds. The number of ether oxygens (including phenoxy) is 4. The van der Waals surface area contributed by atoms with Gasteiger partial charge >= 0.3 is 173 Å². The van der Waals surface area contributed by atoms with E-state index in [9.17, 15) is 9.90 Å². The number of nitrogens with one attached hydrogen (secondary N) is 1. The molecule has 0 bridgehead atoms. The number of hydrogen-bond acceptors (Lipinski definition) is 7. The van der Waals surface area contributed by atoms with Gasteiger partial charge in [0, 0.05) is 0 Å². The van der Waals surface area contributed by atoms with Gasteiger partial charge in [-0.05, 0) is 0 Å². The average molecular weight is 470 g/mol. The Kier molecular flexibility index (Phi) is 8.32. The number of aliphatic hydroxyl groups is 1. The van der Waals surface area contributed by atoms with Crippen molar-refractivity contribution in [3.05, 3.63) is 0 Å². The maximum atomic E-state index is 12.1. The van der Waals surface area contributed by atoms with Crippen molar-refractivity contribution in [3.8, 4) is 0 Å². The molecule has 7 nitrogen and oxygen atoms in total. The number of aliphatic hydroxyl groups excluding tert-OH is 1. The van der Waals surface area contributed by atoms with Crippen molar-refractivity contribution in [2.24, 2.45) is 0 Å². The number of alkyl carbamates (subject to hydrolysis) is 1. The van der Waals surface area contributed by atoms with Crippen molar-refractivity contribution in [2.45, 2.75) is 93.7 Å². The molecule has 5 atom stereocenters. The van der Waals surface area contributed by atoms with Crippen LogP contribution in [0, 0.1) is 0 Å². The second kappa shape index (κ2) is 9.65. The van der Waals surface area contributed by atoms with Crippen molar-refractivity contribution in [3.63, 3.8) is 0 Å². The summed E-state index contributed by atoms with van der Waals surface area (Å²) in [4.78, 5) is 12.1. The van der Waals surface area contributed by atoms with Crippen LogP contribution in [-0.2, 0) is 18.9 Å². The summed E-state index contributed by atoms with van der Waals surface area (Å²) in [5.74, 6) is 0.257. The van der Waals surface area contributed by atoms with E-state index >= 15 is 0 Å². The summed E-state index contributed by atoms with van der Waals surface area (Å²) >= 11 is 1.96. The molecule has 2 saturated heterocycles. The van der Waals surface area contributed by atoms with Gasteiger partial charge in [0.25, 0.3) is 0 Å². The molecule has 2 N–H and O–H groups in total. The molecule has 2 heterocycles. The van der Waals surface area contributed by atoms with E-state index in [0.29, 0.717) is 0 Å². The van der Waals surface area contributed by atoms with Gasteiger partial charge in [-0.25, -0.2) is 0 Å². The van der Waals surface area contributed by atoms with Crippen molar-refractivity contribution in [2.75, 3.05) is 12.0 Å². The van der Waals surface area contributed by atoms with Crippen molar-refractivity contribution in [1.82, 2.24) is 5.32 Å². The van der Waals surface area contributed by atoms with Crippen LogP contribution in [0.3, 0.4) is 0 Å². The van der Waals surface area contributed by atoms with E-state index < -0.39 is 29.9 Å². The minimum atomic E-state index is -0.716. The standard InChI is InChI=1S/C18H33NO6SSe/c1-17(2,3)25-16(21)19-11(7-8-26-6)9-27-10-12-13(20)14-15(22-12)24-18(4,5)23-14/h11-15,20H,7-10H2,1-6H3,(H,19,21)/t11-,12+,13-,14+,15+/m0/s1. The molecular weight excluding hydrogens is 437 g/mol. The quantitative estimate of drug-likeness (QED) is 0.527. The molecule has 0 aromatic carbocycles. The molecule has 2 fully saturated rings. The van der Waals surface area contributed by atoms with Crippen molar-refractivity contribution in [1.29, 1.82) is 0 Å². The summed E-state index contributed by atoms with van der Waals surface area (Å²) in [7, 11) is 0. The van der Waals surface area contributed by atoms with E-state index in [0.717, 1.165) is 22.8 Å². The summed E-state index contributed by atoms with van der Waals surface area (Å²) < 4.78 is 22.6. The summed E-state index contributed by atoms with van der Waals surface area (Å²) in [6, 6.07) is 0.0665. The molecule has 0 aromatic rings. The van der Waals surface area contributed by atoms with Gasteiger partial charge < -0.3 is 0 Å². The molecule has 27 heavy (non-hydrogen) atoms. The van der Waals surface area contributed by atoms with Crippen LogP contribution in [0.25, 0.3) is 0 Å². The first-order valence-corrected chi connectivity index (χ1v) is 13.1. The minimum absolute atomic E-state index is 0.0665. The molecule has 0 unspecified atom stereocenters. The van der Waals surface area contributed by atoms with Gasteiger partial charge in [0.05, 0.1) is 0 Å². The van der Waals surface area contributed by atoms with Crippen LogP contribution in [0.4, 0.5) is 4.79 Å². The number of hydrogen-bond donors (Lipinski definition) is 2. The zero-order chi connectivity index (χ0) is 20.2. The predicted molar refractivity (Wildman–Crippen MR) is 106 cm³/mol. The van der Waals surface area contributed by atoms with Crippen LogP contribution in [0.15, 0.2) is 0 Å². The van der Waals surface area contributed by atoms with E-state index in [4.69, 9.17) is 18.9 Å². The molecule has 2 aliphatic rings. The Morgan fingerprint density at radius 3 is 2.67 bits per heavy atom. The van der Waals surface area contributed by atoms with Gasteiger partial charge in [0.15, 0.2) is 0 Å². The normalized spacial score (nSPS) is 30.8. The SMILES string of the molecule is CSCC[C@@H](C[Se]C[C@H]1O[C@@H]2OC(C)(C)O[C@@H]2[C@H]1O)NC(=O)OC(C)(C)C. The Morgan fingerprint density at radius 2 is 2.07 bits per heavy atom. The predicted octanol–water partition coefficient (Wildman–Crippen LogP) is 2.41. The molecule has 0 radical (unpaired) electrons. The molecular formula is C18H33NO6SSe. The Bertz CT molecular complexity index is 501. The fourth-order valence-corrected chi connectivity index (χ4v) is 5.95. The van der Waals surface area contributed by atoms with E-state index in [1.54, 1.807) is 11.8 Å². The van der Waals surface area contributed by atoms with Gasteiger partial charge in [0.2, 0.25) is 0 Å². The van der Waals surface area contributed by atoms with Crippen LogP contribution in [0.5, 0.6) is 0 Å². The topological polar surface area (TPSA) is 86.3 Å². The van der Waals surface area contributed by atoms with Crippen molar-refractivity contribution < 1.29 is 28.8 Å². The van der Waals surface area contributed by atoms with E-state index in [2.05, 4.69) is 11.6 Å². The van der Waals surface area contributed by atoms with E-state index in [1.165, 1.54) is 0 Å².